The molecular weight excluding hydrogens is 176 g/mol. The monoisotopic (exact) mass is 188 g/mol. The van der Waals surface area contributed by atoms with Crippen LogP contribution in [0.5, 0.6) is 0 Å². The second-order valence-corrected chi connectivity index (χ2v) is 3.18. The zero-order valence-corrected chi connectivity index (χ0v) is 7.81. The maximum Gasteiger partial charge on any atom is 0.162 e. The Morgan fingerprint density at radius 1 is 1.50 bits per heavy atom. The van der Waals surface area contributed by atoms with Crippen molar-refractivity contribution in [1.82, 2.24) is 0 Å². The molecule has 0 fully saturated rings. The second-order valence-electron chi connectivity index (χ2n) is 3.18. The van der Waals surface area contributed by atoms with Gasteiger partial charge in [-0.05, 0) is 12.1 Å². The number of hydrogen-bond acceptors (Lipinski definition) is 3. The van der Waals surface area contributed by atoms with Gasteiger partial charge in [0.2, 0.25) is 0 Å². The van der Waals surface area contributed by atoms with Crippen LogP contribution in [-0.2, 0) is 4.79 Å². The van der Waals surface area contributed by atoms with Gasteiger partial charge in [-0.2, -0.15) is 0 Å². The van der Waals surface area contributed by atoms with Crippen molar-refractivity contribution in [3.63, 3.8) is 0 Å². The average molecular weight is 188 g/mol. The molecule has 1 aromatic rings. The molecule has 1 unspecified atom stereocenters. The van der Waals surface area contributed by atoms with Crippen LogP contribution in [0.4, 0.5) is 11.4 Å². The average Bonchev–Trinajstić information content (AvgIpc) is 2.58. The fourth-order valence-electron chi connectivity index (χ4n) is 1.69. The van der Waals surface area contributed by atoms with Crippen molar-refractivity contribution in [1.29, 1.82) is 0 Å². The van der Waals surface area contributed by atoms with E-state index in [1.807, 2.05) is 29.2 Å². The lowest BCUT2D eigenvalue weighted by Crippen LogP contribution is -2.36. The van der Waals surface area contributed by atoms with Gasteiger partial charge in [-0.1, -0.05) is 18.2 Å². The Morgan fingerprint density at radius 2 is 2.29 bits per heavy atom. The molecule has 3 nitrogen and oxygen atoms in total. The van der Waals surface area contributed by atoms with Gasteiger partial charge in [-0.15, -0.1) is 6.58 Å². The van der Waals surface area contributed by atoms with E-state index in [4.69, 9.17) is 0 Å². The summed E-state index contributed by atoms with van der Waals surface area (Å²) in [5.74, 6) is 0. The van der Waals surface area contributed by atoms with Gasteiger partial charge < -0.3 is 10.2 Å². The number of fused-ring (bicyclic) bond motifs is 1. The molecule has 72 valence electrons. The summed E-state index contributed by atoms with van der Waals surface area (Å²) < 4.78 is 0. The molecule has 3 heteroatoms. The van der Waals surface area contributed by atoms with Crippen LogP contribution in [0.1, 0.15) is 0 Å². The third kappa shape index (κ3) is 1.27. The van der Waals surface area contributed by atoms with Gasteiger partial charge in [-0.25, -0.2) is 0 Å². The molecule has 14 heavy (non-hydrogen) atoms. The zero-order valence-electron chi connectivity index (χ0n) is 7.81. The van der Waals surface area contributed by atoms with Crippen molar-refractivity contribution in [2.45, 2.75) is 6.17 Å². The number of nitrogens with zero attached hydrogens (tertiary/aromatic N) is 1. The SMILES string of the molecule is C=CCN1c2ccccc2NC1C=O. The molecule has 1 aliphatic heterocycles. The number of anilines is 2. The summed E-state index contributed by atoms with van der Waals surface area (Å²) in [5.41, 5.74) is 2.07. The molecule has 0 radical (unpaired) electrons. The van der Waals surface area contributed by atoms with E-state index in [-0.39, 0.29) is 6.17 Å². The van der Waals surface area contributed by atoms with E-state index in [0.717, 1.165) is 17.7 Å². The molecule has 1 heterocycles. The Hall–Kier alpha value is -1.77. The van der Waals surface area contributed by atoms with E-state index in [9.17, 15) is 4.79 Å². The molecule has 1 N–H and O–H groups in total. The van der Waals surface area contributed by atoms with Crippen LogP contribution < -0.4 is 10.2 Å². The van der Waals surface area contributed by atoms with Gasteiger partial charge in [0.05, 0.1) is 11.4 Å². The minimum absolute atomic E-state index is 0.259. The third-order valence-corrected chi connectivity index (χ3v) is 2.31. The van der Waals surface area contributed by atoms with Gasteiger partial charge >= 0.3 is 0 Å². The zero-order chi connectivity index (χ0) is 9.97. The predicted molar refractivity (Wildman–Crippen MR) is 57.5 cm³/mol. The number of benzene rings is 1. The molecule has 1 aliphatic rings. The lowest BCUT2D eigenvalue weighted by molar-refractivity contribution is -0.108. The van der Waals surface area contributed by atoms with Gasteiger partial charge in [0.1, 0.15) is 0 Å². The van der Waals surface area contributed by atoms with Crippen LogP contribution in [0, 0.1) is 0 Å². The summed E-state index contributed by atoms with van der Waals surface area (Å²) in [7, 11) is 0. The summed E-state index contributed by atoms with van der Waals surface area (Å²) in [6, 6.07) is 7.87. The number of carbonyl (C=O) groups is 1. The summed E-state index contributed by atoms with van der Waals surface area (Å²) in [5, 5.41) is 3.13. The largest absolute Gasteiger partial charge is 0.358 e. The fraction of sp³-hybridized carbons (Fsp3) is 0.182. The molecule has 1 atom stereocenters. The molecule has 0 bridgehead atoms. The number of aldehydes is 1. The first-order valence-electron chi connectivity index (χ1n) is 4.55. The smallest absolute Gasteiger partial charge is 0.162 e. The van der Waals surface area contributed by atoms with E-state index < -0.39 is 0 Å². The van der Waals surface area contributed by atoms with Crippen molar-refractivity contribution in [2.75, 3.05) is 16.8 Å². The molecule has 0 aromatic heterocycles. The molecule has 2 rings (SSSR count). The van der Waals surface area contributed by atoms with Crippen molar-refractivity contribution in [3.8, 4) is 0 Å². The standard InChI is InChI=1S/C11H12N2O/c1-2-7-13-10-6-4-3-5-9(10)12-11(13)8-14/h2-6,8,11-12H,1,7H2. The number of rotatable bonds is 3. The molecule has 0 amide bonds. The van der Waals surface area contributed by atoms with Gasteiger partial charge in [-0.3, -0.25) is 4.79 Å². The van der Waals surface area contributed by atoms with E-state index in [0.29, 0.717) is 6.54 Å². The second kappa shape index (κ2) is 3.54. The van der Waals surface area contributed by atoms with Crippen molar-refractivity contribution in [3.05, 3.63) is 36.9 Å². The van der Waals surface area contributed by atoms with E-state index >= 15 is 0 Å². The van der Waals surface area contributed by atoms with E-state index in [1.54, 1.807) is 6.08 Å². The fourth-order valence-corrected chi connectivity index (χ4v) is 1.69. The highest BCUT2D eigenvalue weighted by molar-refractivity contribution is 5.84. The van der Waals surface area contributed by atoms with Crippen LogP contribution >= 0.6 is 0 Å². The predicted octanol–water partition coefficient (Wildman–Crippen LogP) is 1.63. The summed E-state index contributed by atoms with van der Waals surface area (Å²) in [6.45, 7) is 4.35. The lowest BCUT2D eigenvalue weighted by Gasteiger charge is -2.20. The summed E-state index contributed by atoms with van der Waals surface area (Å²) >= 11 is 0. The molecule has 0 saturated carbocycles. The van der Waals surface area contributed by atoms with Gasteiger partial charge in [0, 0.05) is 6.54 Å². The minimum atomic E-state index is -0.259. The highest BCUT2D eigenvalue weighted by Gasteiger charge is 2.26. The van der Waals surface area contributed by atoms with Gasteiger partial charge in [0.25, 0.3) is 0 Å². The lowest BCUT2D eigenvalue weighted by atomic mass is 10.2. The Balaban J connectivity index is 2.36. The first-order chi connectivity index (χ1) is 6.86. The Bertz CT molecular complexity index is 362. The van der Waals surface area contributed by atoms with Crippen LogP contribution in [0.2, 0.25) is 0 Å². The van der Waals surface area contributed by atoms with E-state index in [1.165, 1.54) is 0 Å². The molecule has 0 spiro atoms. The normalized spacial score (nSPS) is 18.6. The maximum absolute atomic E-state index is 10.8. The number of hydrogen-bond donors (Lipinski definition) is 1. The molecule has 0 aliphatic carbocycles. The third-order valence-electron chi connectivity index (χ3n) is 2.31. The first kappa shape index (κ1) is 8.81. The van der Waals surface area contributed by atoms with Crippen LogP contribution in [0.15, 0.2) is 36.9 Å². The minimum Gasteiger partial charge on any atom is -0.358 e. The highest BCUT2D eigenvalue weighted by atomic mass is 16.1. The van der Waals surface area contributed by atoms with Crippen molar-refractivity contribution in [2.24, 2.45) is 0 Å². The van der Waals surface area contributed by atoms with E-state index in [2.05, 4.69) is 11.9 Å². The number of para-hydroxylation sites is 2. The maximum atomic E-state index is 10.8. The first-order valence-corrected chi connectivity index (χ1v) is 4.55. The highest BCUT2D eigenvalue weighted by Crippen LogP contribution is 2.33. The Kier molecular flexibility index (Phi) is 2.23. The molecule has 1 aromatic carbocycles. The summed E-state index contributed by atoms with van der Waals surface area (Å²) in [6.07, 6.45) is 2.44. The molecular formula is C11H12N2O. The van der Waals surface area contributed by atoms with Crippen LogP contribution in [-0.4, -0.2) is 19.0 Å². The van der Waals surface area contributed by atoms with Gasteiger partial charge in [0.15, 0.2) is 12.5 Å². The Labute approximate surface area is 83.0 Å². The Morgan fingerprint density at radius 3 is 3.00 bits per heavy atom. The number of nitrogens with one attached hydrogen (secondary N) is 1. The number of carbonyl (C=O) groups excluding carboxylic acids is 1. The quantitative estimate of drug-likeness (QED) is 0.578. The summed E-state index contributed by atoms with van der Waals surface area (Å²) in [4.78, 5) is 12.8. The van der Waals surface area contributed by atoms with Crippen LogP contribution in [0.3, 0.4) is 0 Å². The van der Waals surface area contributed by atoms with Crippen molar-refractivity contribution >= 4 is 17.7 Å². The van der Waals surface area contributed by atoms with Crippen LogP contribution in [0.25, 0.3) is 0 Å². The topological polar surface area (TPSA) is 32.3 Å². The molecule has 0 saturated heterocycles. The van der Waals surface area contributed by atoms with Crippen molar-refractivity contribution < 1.29 is 4.79 Å².